The summed E-state index contributed by atoms with van der Waals surface area (Å²) >= 11 is 3.67. The lowest BCUT2D eigenvalue weighted by Crippen LogP contribution is -2.32. The highest BCUT2D eigenvalue weighted by Crippen LogP contribution is 2.41. The molecule has 2 rings (SSSR count). The van der Waals surface area contributed by atoms with Crippen molar-refractivity contribution < 1.29 is 0 Å². The smallest absolute Gasteiger partial charge is 0.0486 e. The van der Waals surface area contributed by atoms with Gasteiger partial charge in [0, 0.05) is 16.2 Å². The number of halogens is 1. The maximum Gasteiger partial charge on any atom is 0.0486 e. The highest BCUT2D eigenvalue weighted by atomic mass is 79.9. The van der Waals surface area contributed by atoms with Crippen molar-refractivity contribution in [2.75, 3.05) is 5.32 Å². The molecule has 1 saturated carbocycles. The molecule has 1 aliphatic carbocycles. The van der Waals surface area contributed by atoms with E-state index in [2.05, 4.69) is 67.1 Å². The Morgan fingerprint density at radius 3 is 2.40 bits per heavy atom. The van der Waals surface area contributed by atoms with Crippen molar-refractivity contribution in [3.63, 3.8) is 0 Å². The third-order valence-corrected chi connectivity index (χ3v) is 5.88. The van der Waals surface area contributed by atoms with Gasteiger partial charge in [0.05, 0.1) is 0 Å². The van der Waals surface area contributed by atoms with Crippen LogP contribution in [0.1, 0.15) is 58.4 Å². The zero-order valence-electron chi connectivity index (χ0n) is 13.3. The van der Waals surface area contributed by atoms with Crippen molar-refractivity contribution in [1.29, 1.82) is 0 Å². The van der Waals surface area contributed by atoms with Crippen molar-refractivity contribution in [3.05, 3.63) is 28.2 Å². The van der Waals surface area contributed by atoms with Crippen molar-refractivity contribution in [3.8, 4) is 0 Å². The van der Waals surface area contributed by atoms with Crippen LogP contribution in [0.4, 0.5) is 5.69 Å². The van der Waals surface area contributed by atoms with Gasteiger partial charge >= 0.3 is 0 Å². The Morgan fingerprint density at radius 2 is 1.85 bits per heavy atom. The maximum atomic E-state index is 3.72. The normalized spacial score (nSPS) is 23.6. The second-order valence-corrected chi connectivity index (χ2v) is 7.87. The monoisotopic (exact) mass is 337 g/mol. The van der Waals surface area contributed by atoms with Gasteiger partial charge < -0.3 is 5.32 Å². The Balaban J connectivity index is 1.91. The van der Waals surface area contributed by atoms with Crippen LogP contribution in [-0.4, -0.2) is 6.04 Å². The maximum absolute atomic E-state index is 3.72. The minimum atomic E-state index is 0.509. The first-order valence-corrected chi connectivity index (χ1v) is 8.74. The summed E-state index contributed by atoms with van der Waals surface area (Å²) in [6.45, 7) is 9.32. The predicted molar refractivity (Wildman–Crippen MR) is 92.3 cm³/mol. The standard InChI is InChI=1S/C18H28BrN/c1-5-18(3,4)14-7-9-15(10-8-14)20-17-11-6-13(2)12-16(17)19/h6,11-12,14-15,20H,5,7-10H2,1-4H3. The highest BCUT2D eigenvalue weighted by molar-refractivity contribution is 9.10. The summed E-state index contributed by atoms with van der Waals surface area (Å²) in [5.74, 6) is 0.895. The molecule has 0 unspecified atom stereocenters. The van der Waals surface area contributed by atoms with E-state index in [4.69, 9.17) is 0 Å². The molecule has 0 heterocycles. The molecule has 0 atom stereocenters. The van der Waals surface area contributed by atoms with Crippen LogP contribution in [0.2, 0.25) is 0 Å². The quantitative estimate of drug-likeness (QED) is 0.693. The number of hydrogen-bond acceptors (Lipinski definition) is 1. The first kappa shape index (κ1) is 15.9. The van der Waals surface area contributed by atoms with Gasteiger partial charge in [0.2, 0.25) is 0 Å². The van der Waals surface area contributed by atoms with Gasteiger partial charge in [-0.05, 0) is 77.6 Å². The predicted octanol–water partition coefficient (Wildman–Crippen LogP) is 6.16. The van der Waals surface area contributed by atoms with E-state index in [1.165, 1.54) is 47.8 Å². The van der Waals surface area contributed by atoms with Gasteiger partial charge in [-0.1, -0.05) is 33.3 Å². The summed E-state index contributed by atoms with van der Waals surface area (Å²) in [6, 6.07) is 7.20. The lowest BCUT2D eigenvalue weighted by Gasteiger charge is -2.39. The zero-order valence-corrected chi connectivity index (χ0v) is 14.9. The van der Waals surface area contributed by atoms with Crippen LogP contribution in [0.3, 0.4) is 0 Å². The molecular weight excluding hydrogens is 310 g/mol. The summed E-state index contributed by atoms with van der Waals surface area (Å²) in [6.07, 6.45) is 6.62. The van der Waals surface area contributed by atoms with E-state index in [9.17, 15) is 0 Å². The fourth-order valence-corrected chi connectivity index (χ4v) is 3.87. The molecule has 0 bridgehead atoms. The first-order chi connectivity index (χ1) is 9.42. The van der Waals surface area contributed by atoms with Gasteiger partial charge in [-0.25, -0.2) is 0 Å². The van der Waals surface area contributed by atoms with Crippen LogP contribution in [0.25, 0.3) is 0 Å². The van der Waals surface area contributed by atoms with Gasteiger partial charge in [0.1, 0.15) is 0 Å². The second kappa shape index (κ2) is 6.51. The Labute approximate surface area is 132 Å². The van der Waals surface area contributed by atoms with Gasteiger partial charge in [-0.15, -0.1) is 0 Å². The molecule has 0 amide bonds. The number of benzene rings is 1. The van der Waals surface area contributed by atoms with E-state index >= 15 is 0 Å². The molecule has 1 aromatic rings. The molecule has 0 radical (unpaired) electrons. The third kappa shape index (κ3) is 3.78. The van der Waals surface area contributed by atoms with Crippen LogP contribution >= 0.6 is 15.9 Å². The number of anilines is 1. The van der Waals surface area contributed by atoms with Crippen molar-refractivity contribution in [1.82, 2.24) is 0 Å². The second-order valence-electron chi connectivity index (χ2n) is 7.02. The lowest BCUT2D eigenvalue weighted by atomic mass is 9.69. The summed E-state index contributed by atoms with van der Waals surface area (Å²) < 4.78 is 1.19. The van der Waals surface area contributed by atoms with E-state index in [1.54, 1.807) is 0 Å². The van der Waals surface area contributed by atoms with Gasteiger partial charge in [0.15, 0.2) is 0 Å². The average Bonchev–Trinajstić information content (AvgIpc) is 2.42. The van der Waals surface area contributed by atoms with Crippen LogP contribution in [0.15, 0.2) is 22.7 Å². The van der Waals surface area contributed by atoms with Crippen LogP contribution < -0.4 is 5.32 Å². The molecule has 20 heavy (non-hydrogen) atoms. The van der Waals surface area contributed by atoms with Crippen LogP contribution in [0, 0.1) is 18.3 Å². The third-order valence-electron chi connectivity index (χ3n) is 5.23. The minimum absolute atomic E-state index is 0.509. The van der Waals surface area contributed by atoms with Crippen LogP contribution in [0.5, 0.6) is 0 Å². The number of hydrogen-bond donors (Lipinski definition) is 1. The lowest BCUT2D eigenvalue weighted by molar-refractivity contribution is 0.147. The Bertz CT molecular complexity index is 445. The Hall–Kier alpha value is -0.500. The average molecular weight is 338 g/mol. The molecular formula is C18H28BrN. The molecule has 2 heteroatoms. The van der Waals surface area contributed by atoms with E-state index in [0.29, 0.717) is 11.5 Å². The van der Waals surface area contributed by atoms with Crippen molar-refractivity contribution in [2.45, 2.75) is 65.8 Å². The van der Waals surface area contributed by atoms with Gasteiger partial charge in [0.25, 0.3) is 0 Å². The molecule has 112 valence electrons. The van der Waals surface area contributed by atoms with Gasteiger partial charge in [-0.2, -0.15) is 0 Å². The molecule has 0 aromatic heterocycles. The Kier molecular flexibility index (Phi) is 5.17. The summed E-state index contributed by atoms with van der Waals surface area (Å²) in [7, 11) is 0. The van der Waals surface area contributed by atoms with Crippen LogP contribution in [-0.2, 0) is 0 Å². The number of aryl methyl sites for hydroxylation is 1. The Morgan fingerprint density at radius 1 is 1.20 bits per heavy atom. The van der Waals surface area contributed by atoms with Crippen molar-refractivity contribution >= 4 is 21.6 Å². The van der Waals surface area contributed by atoms with Gasteiger partial charge in [-0.3, -0.25) is 0 Å². The largest absolute Gasteiger partial charge is 0.381 e. The first-order valence-electron chi connectivity index (χ1n) is 7.95. The summed E-state index contributed by atoms with van der Waals surface area (Å²) in [5.41, 5.74) is 3.06. The molecule has 0 spiro atoms. The molecule has 1 aromatic carbocycles. The van der Waals surface area contributed by atoms with E-state index in [-0.39, 0.29) is 0 Å². The summed E-state index contributed by atoms with van der Waals surface area (Å²) in [5, 5.41) is 3.72. The topological polar surface area (TPSA) is 12.0 Å². The number of rotatable bonds is 4. The van der Waals surface area contributed by atoms with Crippen molar-refractivity contribution in [2.24, 2.45) is 11.3 Å². The fraction of sp³-hybridized carbons (Fsp3) is 0.667. The molecule has 1 fully saturated rings. The molecule has 1 nitrogen and oxygen atoms in total. The zero-order chi connectivity index (χ0) is 14.8. The molecule has 0 aliphatic heterocycles. The van der Waals surface area contributed by atoms with E-state index in [0.717, 1.165) is 5.92 Å². The van der Waals surface area contributed by atoms with E-state index < -0.39 is 0 Å². The minimum Gasteiger partial charge on any atom is -0.381 e. The molecule has 1 aliphatic rings. The molecule has 0 saturated heterocycles. The number of nitrogens with one attached hydrogen (secondary N) is 1. The SMILES string of the molecule is CCC(C)(C)C1CCC(Nc2ccc(C)cc2Br)CC1. The summed E-state index contributed by atoms with van der Waals surface area (Å²) in [4.78, 5) is 0. The fourth-order valence-electron chi connectivity index (χ4n) is 3.27. The molecule has 1 N–H and O–H groups in total. The van der Waals surface area contributed by atoms with E-state index in [1.807, 2.05) is 0 Å². The highest BCUT2D eigenvalue weighted by Gasteiger charge is 2.31.